The summed E-state index contributed by atoms with van der Waals surface area (Å²) in [6.45, 7) is 4.45. The minimum absolute atomic E-state index is 0.115. The Morgan fingerprint density at radius 3 is 1.67 bits per heavy atom. The molecule has 55 heavy (non-hydrogen) atoms. The summed E-state index contributed by atoms with van der Waals surface area (Å²) in [6, 6.07) is 0. The first-order chi connectivity index (χ1) is 26.9. The Kier molecular flexibility index (Phi) is 35.5. The first-order valence-corrected chi connectivity index (χ1v) is 22.6. The lowest BCUT2D eigenvalue weighted by atomic mass is 9.99. The molecule has 0 aromatic rings. The highest BCUT2D eigenvalue weighted by atomic mass is 16.7. The van der Waals surface area contributed by atoms with Crippen molar-refractivity contribution in [2.24, 2.45) is 0 Å². The number of hydrogen-bond acceptors (Lipinski definition) is 9. The number of ether oxygens (including phenoxy) is 4. The molecule has 322 valence electrons. The van der Waals surface area contributed by atoms with Gasteiger partial charge in [0.25, 0.3) is 0 Å². The Hall–Kier alpha value is -1.59. The molecule has 1 saturated heterocycles. The molecule has 0 spiro atoms. The fraction of sp³-hybridized carbons (Fsp3) is 0.848. The fourth-order valence-electron chi connectivity index (χ4n) is 6.80. The van der Waals surface area contributed by atoms with Crippen LogP contribution >= 0.6 is 0 Å². The third-order valence-electron chi connectivity index (χ3n) is 10.3. The van der Waals surface area contributed by atoms with Gasteiger partial charge in [0.2, 0.25) is 0 Å². The van der Waals surface area contributed by atoms with Crippen molar-refractivity contribution in [3.63, 3.8) is 0 Å². The van der Waals surface area contributed by atoms with Gasteiger partial charge in [0.05, 0.1) is 19.8 Å². The Morgan fingerprint density at radius 1 is 0.600 bits per heavy atom. The molecule has 6 atom stereocenters. The molecule has 0 aliphatic carbocycles. The molecule has 0 amide bonds. The number of unbranched alkanes of at least 4 members (excludes halogenated alkanes) is 21. The highest BCUT2D eigenvalue weighted by Gasteiger charge is 2.44. The molecule has 0 bridgehead atoms. The van der Waals surface area contributed by atoms with Crippen molar-refractivity contribution in [3.8, 4) is 0 Å². The quantitative estimate of drug-likeness (QED) is 0.0274. The van der Waals surface area contributed by atoms with Gasteiger partial charge in [-0.3, -0.25) is 4.79 Å². The lowest BCUT2D eigenvalue weighted by Crippen LogP contribution is -2.59. The van der Waals surface area contributed by atoms with Crippen molar-refractivity contribution < 1.29 is 44.2 Å². The minimum atomic E-state index is -1.54. The standard InChI is InChI=1S/C46H84O9/c1-3-5-7-9-11-13-15-17-19-20-21-23-25-27-29-31-33-35-42(48)54-40(39-53-46-45(51)44(50)43(49)41(37-47)55-46)38-52-36-34-32-30-28-26-24-22-18-16-14-12-10-8-6-4-2/h5,7,11,13,17,19,40-41,43-47,49-51H,3-4,6,8-10,12,14-16,18,20-39H2,1-2H3/b7-5-,13-11-,19-17-. The molecule has 0 aromatic heterocycles. The van der Waals surface area contributed by atoms with Crippen LogP contribution in [-0.4, -0.2) is 89.6 Å². The van der Waals surface area contributed by atoms with Crippen LogP contribution in [0.5, 0.6) is 0 Å². The number of rotatable bonds is 38. The zero-order chi connectivity index (χ0) is 40.0. The van der Waals surface area contributed by atoms with Crippen LogP contribution < -0.4 is 0 Å². The zero-order valence-electron chi connectivity index (χ0n) is 35.2. The number of carbonyl (C=O) groups is 1. The second kappa shape index (κ2) is 38.0. The summed E-state index contributed by atoms with van der Waals surface area (Å²) in [5.74, 6) is -0.322. The number of allylic oxidation sites excluding steroid dienone is 6. The van der Waals surface area contributed by atoms with Crippen molar-refractivity contribution >= 4 is 5.97 Å². The highest BCUT2D eigenvalue weighted by Crippen LogP contribution is 2.22. The van der Waals surface area contributed by atoms with Crippen LogP contribution in [0.3, 0.4) is 0 Å². The number of hydrogen-bond donors (Lipinski definition) is 4. The number of aliphatic hydroxyl groups excluding tert-OH is 4. The Bertz CT molecular complexity index is 936. The molecular formula is C46H84O9. The van der Waals surface area contributed by atoms with Crippen LogP contribution in [0.4, 0.5) is 0 Å². The summed E-state index contributed by atoms with van der Waals surface area (Å²) < 4.78 is 22.8. The predicted octanol–water partition coefficient (Wildman–Crippen LogP) is 9.97. The Morgan fingerprint density at radius 2 is 1.11 bits per heavy atom. The van der Waals surface area contributed by atoms with Gasteiger partial charge in [-0.15, -0.1) is 0 Å². The van der Waals surface area contributed by atoms with E-state index in [1.807, 2.05) is 0 Å². The first kappa shape index (κ1) is 51.4. The van der Waals surface area contributed by atoms with E-state index in [9.17, 15) is 25.2 Å². The van der Waals surface area contributed by atoms with Crippen molar-refractivity contribution in [3.05, 3.63) is 36.5 Å². The van der Waals surface area contributed by atoms with E-state index in [1.54, 1.807) is 0 Å². The lowest BCUT2D eigenvalue weighted by Gasteiger charge is -2.39. The predicted molar refractivity (Wildman–Crippen MR) is 224 cm³/mol. The van der Waals surface area contributed by atoms with Gasteiger partial charge in [-0.2, -0.15) is 0 Å². The lowest BCUT2D eigenvalue weighted by molar-refractivity contribution is -0.305. The van der Waals surface area contributed by atoms with Gasteiger partial charge in [-0.25, -0.2) is 0 Å². The third-order valence-corrected chi connectivity index (χ3v) is 10.3. The summed E-state index contributed by atoms with van der Waals surface area (Å²) >= 11 is 0. The molecule has 9 nitrogen and oxygen atoms in total. The maximum absolute atomic E-state index is 12.8. The van der Waals surface area contributed by atoms with Crippen LogP contribution in [0.1, 0.15) is 187 Å². The molecule has 0 aromatic carbocycles. The summed E-state index contributed by atoms with van der Waals surface area (Å²) in [7, 11) is 0. The average Bonchev–Trinajstić information content (AvgIpc) is 3.18. The molecule has 1 aliphatic heterocycles. The van der Waals surface area contributed by atoms with E-state index in [1.165, 1.54) is 103 Å². The molecule has 1 fully saturated rings. The third kappa shape index (κ3) is 29.3. The highest BCUT2D eigenvalue weighted by molar-refractivity contribution is 5.69. The summed E-state index contributed by atoms with van der Waals surface area (Å²) in [4.78, 5) is 12.8. The molecule has 4 N–H and O–H groups in total. The van der Waals surface area contributed by atoms with Crippen LogP contribution in [0.15, 0.2) is 36.5 Å². The van der Waals surface area contributed by atoms with Gasteiger partial charge in [-0.1, -0.05) is 172 Å². The van der Waals surface area contributed by atoms with Crippen molar-refractivity contribution in [1.82, 2.24) is 0 Å². The smallest absolute Gasteiger partial charge is 0.306 e. The summed E-state index contributed by atoms with van der Waals surface area (Å²) in [5.41, 5.74) is 0. The van der Waals surface area contributed by atoms with Crippen LogP contribution in [-0.2, 0) is 23.7 Å². The maximum Gasteiger partial charge on any atom is 0.306 e. The number of carbonyl (C=O) groups excluding carboxylic acids is 1. The van der Waals surface area contributed by atoms with Crippen molar-refractivity contribution in [2.75, 3.05) is 26.4 Å². The van der Waals surface area contributed by atoms with Gasteiger partial charge in [0, 0.05) is 13.0 Å². The first-order valence-electron chi connectivity index (χ1n) is 22.6. The Labute approximate surface area is 336 Å². The molecular weight excluding hydrogens is 696 g/mol. The molecule has 1 rings (SSSR count). The Balaban J connectivity index is 2.26. The van der Waals surface area contributed by atoms with Gasteiger partial charge in [0.1, 0.15) is 30.5 Å². The normalized spacial score (nSPS) is 21.0. The fourth-order valence-corrected chi connectivity index (χ4v) is 6.80. The second-order valence-electron chi connectivity index (χ2n) is 15.5. The zero-order valence-corrected chi connectivity index (χ0v) is 35.2. The minimum Gasteiger partial charge on any atom is -0.457 e. The van der Waals surface area contributed by atoms with E-state index < -0.39 is 43.4 Å². The van der Waals surface area contributed by atoms with Crippen LogP contribution in [0.25, 0.3) is 0 Å². The van der Waals surface area contributed by atoms with E-state index in [-0.39, 0.29) is 19.2 Å². The number of aliphatic hydroxyl groups is 4. The topological polar surface area (TPSA) is 135 Å². The van der Waals surface area contributed by atoms with Gasteiger partial charge < -0.3 is 39.4 Å². The molecule has 0 saturated carbocycles. The average molecular weight is 781 g/mol. The van der Waals surface area contributed by atoms with E-state index in [0.29, 0.717) is 13.0 Å². The van der Waals surface area contributed by atoms with E-state index in [4.69, 9.17) is 18.9 Å². The van der Waals surface area contributed by atoms with Crippen LogP contribution in [0, 0.1) is 0 Å². The van der Waals surface area contributed by atoms with E-state index in [2.05, 4.69) is 50.3 Å². The molecule has 6 unspecified atom stereocenters. The summed E-state index contributed by atoms with van der Waals surface area (Å²) in [6.07, 6.45) is 37.4. The molecule has 1 heterocycles. The monoisotopic (exact) mass is 781 g/mol. The SMILES string of the molecule is CC/C=C\C/C=C\C/C=C\CCCCCCCCCC(=O)OC(COCCCCCCCCCCCCCCCCC)COC1OC(CO)C(O)C(O)C1O. The molecule has 0 radical (unpaired) electrons. The van der Waals surface area contributed by atoms with E-state index in [0.717, 1.165) is 64.2 Å². The van der Waals surface area contributed by atoms with Crippen molar-refractivity contribution in [2.45, 2.75) is 224 Å². The second-order valence-corrected chi connectivity index (χ2v) is 15.5. The van der Waals surface area contributed by atoms with Crippen molar-refractivity contribution in [1.29, 1.82) is 0 Å². The summed E-state index contributed by atoms with van der Waals surface area (Å²) in [5, 5.41) is 40.1. The van der Waals surface area contributed by atoms with Crippen LogP contribution in [0.2, 0.25) is 0 Å². The van der Waals surface area contributed by atoms with E-state index >= 15 is 0 Å². The van der Waals surface area contributed by atoms with Gasteiger partial charge in [-0.05, 0) is 44.9 Å². The van der Waals surface area contributed by atoms with Gasteiger partial charge >= 0.3 is 5.97 Å². The van der Waals surface area contributed by atoms with Gasteiger partial charge in [0.15, 0.2) is 6.29 Å². The molecule has 9 heteroatoms. The number of esters is 1. The molecule has 1 aliphatic rings. The maximum atomic E-state index is 12.8. The largest absolute Gasteiger partial charge is 0.457 e.